The predicted molar refractivity (Wildman–Crippen MR) is 124 cm³/mol. The van der Waals surface area contributed by atoms with E-state index in [2.05, 4.69) is 40.0 Å². The Bertz CT molecular complexity index is 1190. The Kier molecular flexibility index (Phi) is 6.62. The van der Waals surface area contributed by atoms with E-state index in [-0.39, 0.29) is 31.2 Å². The molecule has 0 saturated carbocycles. The lowest BCUT2D eigenvalue weighted by Crippen LogP contribution is -2.40. The second-order valence-electron chi connectivity index (χ2n) is 8.10. The van der Waals surface area contributed by atoms with Crippen molar-refractivity contribution in [2.75, 3.05) is 6.61 Å². The summed E-state index contributed by atoms with van der Waals surface area (Å²) in [5.74, 6) is -1.68. The van der Waals surface area contributed by atoms with Gasteiger partial charge in [-0.2, -0.15) is 5.10 Å². The molecule has 9 heteroatoms. The summed E-state index contributed by atoms with van der Waals surface area (Å²) in [5, 5.41) is 18.5. The number of aliphatic carboxylic acids is 1. The lowest BCUT2D eigenvalue weighted by atomic mass is 9.98. The van der Waals surface area contributed by atoms with Crippen LogP contribution < -0.4 is 10.6 Å². The van der Waals surface area contributed by atoms with Crippen LogP contribution in [0.4, 0.5) is 4.79 Å². The third-order valence-corrected chi connectivity index (χ3v) is 5.93. The summed E-state index contributed by atoms with van der Waals surface area (Å²) >= 11 is 0. The number of nitrogens with zero attached hydrogens (tertiary/aromatic N) is 2. The van der Waals surface area contributed by atoms with E-state index in [9.17, 15) is 14.4 Å². The van der Waals surface area contributed by atoms with E-state index in [0.29, 0.717) is 5.69 Å². The van der Waals surface area contributed by atoms with Gasteiger partial charge in [0.25, 0.3) is 5.91 Å². The molecule has 2 amide bonds. The molecular weight excluding hydrogens is 436 g/mol. The molecule has 176 valence electrons. The highest BCUT2D eigenvalue weighted by atomic mass is 16.5. The summed E-state index contributed by atoms with van der Waals surface area (Å²) in [4.78, 5) is 35.9. The fourth-order valence-electron chi connectivity index (χ4n) is 4.21. The van der Waals surface area contributed by atoms with Crippen molar-refractivity contribution in [1.29, 1.82) is 0 Å². The number of aryl methyl sites for hydroxylation is 1. The van der Waals surface area contributed by atoms with Crippen LogP contribution in [0.1, 0.15) is 46.6 Å². The molecule has 1 heterocycles. The maximum absolute atomic E-state index is 12.4. The van der Waals surface area contributed by atoms with Crippen molar-refractivity contribution in [3.8, 4) is 11.1 Å². The fraction of sp³-hybridized carbons (Fsp3) is 0.280. The third kappa shape index (κ3) is 4.63. The number of carboxylic acids is 1. The van der Waals surface area contributed by atoms with Gasteiger partial charge in [0, 0.05) is 13.0 Å². The molecular formula is C25H26N4O5. The monoisotopic (exact) mass is 462 g/mol. The van der Waals surface area contributed by atoms with Gasteiger partial charge in [-0.3, -0.25) is 9.48 Å². The van der Waals surface area contributed by atoms with Gasteiger partial charge in [0.05, 0.1) is 12.2 Å². The molecule has 0 bridgehead atoms. The first-order chi connectivity index (χ1) is 16.4. The molecule has 34 heavy (non-hydrogen) atoms. The van der Waals surface area contributed by atoms with Crippen molar-refractivity contribution in [1.82, 2.24) is 20.4 Å². The number of ether oxygens (including phenoxy) is 1. The molecule has 1 aromatic heterocycles. The summed E-state index contributed by atoms with van der Waals surface area (Å²) < 4.78 is 6.86. The van der Waals surface area contributed by atoms with Crippen LogP contribution in [-0.2, 0) is 23.1 Å². The Morgan fingerprint density at radius 2 is 1.71 bits per heavy atom. The molecule has 0 saturated heterocycles. The first kappa shape index (κ1) is 23.0. The van der Waals surface area contributed by atoms with Gasteiger partial charge in [-0.05, 0) is 34.7 Å². The van der Waals surface area contributed by atoms with Gasteiger partial charge in [-0.15, -0.1) is 0 Å². The highest BCUT2D eigenvalue weighted by Crippen LogP contribution is 2.44. The topological polar surface area (TPSA) is 123 Å². The van der Waals surface area contributed by atoms with Crippen LogP contribution in [0.5, 0.6) is 0 Å². The number of amides is 2. The van der Waals surface area contributed by atoms with E-state index < -0.39 is 24.0 Å². The molecule has 1 aliphatic carbocycles. The van der Waals surface area contributed by atoms with Crippen LogP contribution in [0.2, 0.25) is 0 Å². The minimum absolute atomic E-state index is 0.0379. The number of hydrogen-bond acceptors (Lipinski definition) is 5. The number of rotatable bonds is 8. The Labute approximate surface area is 196 Å². The number of carbonyl (C=O) groups excluding carboxylic acids is 2. The van der Waals surface area contributed by atoms with Crippen molar-refractivity contribution in [3.05, 3.63) is 77.1 Å². The van der Waals surface area contributed by atoms with Crippen LogP contribution >= 0.6 is 0 Å². The number of benzene rings is 2. The summed E-state index contributed by atoms with van der Waals surface area (Å²) in [6, 6.07) is 16.7. The van der Waals surface area contributed by atoms with Crippen molar-refractivity contribution >= 4 is 18.0 Å². The van der Waals surface area contributed by atoms with Gasteiger partial charge >= 0.3 is 12.1 Å². The van der Waals surface area contributed by atoms with E-state index >= 15 is 0 Å². The Morgan fingerprint density at radius 1 is 1.09 bits per heavy atom. The maximum Gasteiger partial charge on any atom is 0.407 e. The predicted octanol–water partition coefficient (Wildman–Crippen LogP) is 3.05. The van der Waals surface area contributed by atoms with Gasteiger partial charge < -0.3 is 20.5 Å². The van der Waals surface area contributed by atoms with E-state index in [1.54, 1.807) is 14.0 Å². The van der Waals surface area contributed by atoms with Crippen LogP contribution in [0, 0.1) is 0 Å². The second kappa shape index (κ2) is 9.78. The number of nitrogens with one attached hydrogen (secondary N) is 2. The first-order valence-electron chi connectivity index (χ1n) is 11.0. The number of alkyl carbamates (subject to hydrolysis) is 1. The highest BCUT2D eigenvalue weighted by molar-refractivity contribution is 5.95. The Hall–Kier alpha value is -4.14. The average molecular weight is 463 g/mol. The number of hydrogen-bond donors (Lipinski definition) is 3. The summed E-state index contributed by atoms with van der Waals surface area (Å²) in [5.41, 5.74) is 5.21. The second-order valence-corrected chi connectivity index (χ2v) is 8.10. The van der Waals surface area contributed by atoms with Gasteiger partial charge in [0.2, 0.25) is 0 Å². The van der Waals surface area contributed by atoms with Gasteiger partial charge in [0.15, 0.2) is 0 Å². The molecule has 1 aliphatic rings. The van der Waals surface area contributed by atoms with Crippen LogP contribution in [0.15, 0.2) is 54.6 Å². The zero-order valence-electron chi connectivity index (χ0n) is 18.9. The SMILES string of the molecule is CC[C@H](NC(=O)c1cc(CNC(=O)OCC2c3ccccc3-c3ccccc32)nn1C)C(=O)O. The van der Waals surface area contributed by atoms with Gasteiger partial charge in [-0.25, -0.2) is 9.59 Å². The summed E-state index contributed by atoms with van der Waals surface area (Å²) in [7, 11) is 1.58. The van der Waals surface area contributed by atoms with Crippen molar-refractivity contribution < 1.29 is 24.2 Å². The van der Waals surface area contributed by atoms with Crippen LogP contribution in [0.3, 0.4) is 0 Å². The van der Waals surface area contributed by atoms with Crippen molar-refractivity contribution in [2.24, 2.45) is 7.05 Å². The molecule has 4 rings (SSSR count). The number of aromatic nitrogens is 2. The highest BCUT2D eigenvalue weighted by Gasteiger charge is 2.29. The molecule has 3 aromatic rings. The van der Waals surface area contributed by atoms with E-state index in [0.717, 1.165) is 22.3 Å². The molecule has 0 unspecified atom stereocenters. The number of carboxylic acid groups (broad SMARTS) is 1. The third-order valence-electron chi connectivity index (χ3n) is 5.93. The number of fused-ring (bicyclic) bond motifs is 3. The molecule has 2 aromatic carbocycles. The van der Waals surface area contributed by atoms with Crippen molar-refractivity contribution in [2.45, 2.75) is 31.8 Å². The lowest BCUT2D eigenvalue weighted by Gasteiger charge is -2.14. The normalized spacial score (nSPS) is 13.0. The average Bonchev–Trinajstić information content (AvgIpc) is 3.37. The summed E-state index contributed by atoms with van der Waals surface area (Å²) in [6.07, 6.45) is -0.329. The van der Waals surface area contributed by atoms with E-state index in [1.165, 1.54) is 10.7 Å². The molecule has 1 atom stereocenters. The smallest absolute Gasteiger partial charge is 0.407 e. The molecule has 3 N–H and O–H groups in total. The Balaban J connectivity index is 1.34. The number of carbonyl (C=O) groups is 3. The molecule has 9 nitrogen and oxygen atoms in total. The van der Waals surface area contributed by atoms with E-state index in [1.807, 2.05) is 24.3 Å². The Morgan fingerprint density at radius 3 is 2.29 bits per heavy atom. The van der Waals surface area contributed by atoms with Gasteiger partial charge in [-0.1, -0.05) is 55.5 Å². The first-order valence-corrected chi connectivity index (χ1v) is 11.0. The maximum atomic E-state index is 12.4. The molecule has 0 radical (unpaired) electrons. The lowest BCUT2D eigenvalue weighted by molar-refractivity contribution is -0.139. The van der Waals surface area contributed by atoms with Crippen molar-refractivity contribution in [3.63, 3.8) is 0 Å². The largest absolute Gasteiger partial charge is 0.480 e. The minimum atomic E-state index is -1.10. The van der Waals surface area contributed by atoms with Crippen LogP contribution in [-0.4, -0.2) is 45.5 Å². The molecule has 0 aliphatic heterocycles. The molecule has 0 spiro atoms. The molecule has 0 fully saturated rings. The van der Waals surface area contributed by atoms with Crippen LogP contribution in [0.25, 0.3) is 11.1 Å². The summed E-state index contributed by atoms with van der Waals surface area (Å²) in [6.45, 7) is 1.93. The zero-order valence-corrected chi connectivity index (χ0v) is 18.9. The zero-order chi connectivity index (χ0) is 24.2. The quantitative estimate of drug-likeness (QED) is 0.473. The fourth-order valence-corrected chi connectivity index (χ4v) is 4.21. The van der Waals surface area contributed by atoms with E-state index in [4.69, 9.17) is 9.84 Å². The van der Waals surface area contributed by atoms with Gasteiger partial charge in [0.1, 0.15) is 18.3 Å². The minimum Gasteiger partial charge on any atom is -0.480 e. The standard InChI is InChI=1S/C25H26N4O5/c1-3-21(24(31)32)27-23(30)22-12-15(28-29(22)2)13-26-25(33)34-14-20-18-10-6-4-8-16(18)17-9-5-7-11-19(17)20/h4-12,20-21H,3,13-14H2,1-2H3,(H,26,33)(H,27,30)(H,31,32)/t21-/m0/s1.